The van der Waals surface area contributed by atoms with E-state index < -0.39 is 5.72 Å². The average Bonchev–Trinajstić information content (AvgIpc) is 3.29. The maximum Gasteiger partial charge on any atom is 0.192 e. The molecule has 3 heterocycles. The lowest BCUT2D eigenvalue weighted by Gasteiger charge is -2.50. The molecule has 0 bridgehead atoms. The van der Waals surface area contributed by atoms with Gasteiger partial charge in [-0.3, -0.25) is 0 Å². The predicted molar refractivity (Wildman–Crippen MR) is 173 cm³/mol. The van der Waals surface area contributed by atoms with Crippen LogP contribution in [0.15, 0.2) is 109 Å². The van der Waals surface area contributed by atoms with Crippen LogP contribution < -0.4 is 14.5 Å². The van der Waals surface area contributed by atoms with Crippen LogP contribution in [0.4, 0.5) is 11.4 Å². The van der Waals surface area contributed by atoms with E-state index in [4.69, 9.17) is 4.74 Å². The predicted octanol–water partition coefficient (Wildman–Crippen LogP) is 8.39. The molecule has 3 nitrogen and oxygen atoms in total. The first-order valence-corrected chi connectivity index (χ1v) is 14.9. The largest absolute Gasteiger partial charge is 0.467 e. The van der Waals surface area contributed by atoms with Crippen molar-refractivity contribution in [1.82, 2.24) is 0 Å². The van der Waals surface area contributed by atoms with Crippen molar-refractivity contribution in [2.24, 2.45) is 0 Å². The zero-order chi connectivity index (χ0) is 29.3. The molecule has 0 saturated carbocycles. The summed E-state index contributed by atoms with van der Waals surface area (Å²) in [4.78, 5) is 4.77. The smallest absolute Gasteiger partial charge is 0.192 e. The molecule has 42 heavy (non-hydrogen) atoms. The number of hydrogen-bond donors (Lipinski definition) is 0. The zero-order valence-electron chi connectivity index (χ0n) is 25.4. The summed E-state index contributed by atoms with van der Waals surface area (Å²) < 4.78 is 7.18. The minimum Gasteiger partial charge on any atom is -0.467 e. The number of nitrogens with zero attached hydrogens (tertiary/aromatic N) is 2. The van der Waals surface area contributed by atoms with E-state index in [0.29, 0.717) is 0 Å². The fraction of sp³-hybridized carbons (Fsp3) is 0.282. The third kappa shape index (κ3) is 3.75. The molecule has 0 saturated heterocycles. The highest BCUT2D eigenvalue weighted by Crippen LogP contribution is 2.59. The third-order valence-electron chi connectivity index (χ3n) is 10.1. The van der Waals surface area contributed by atoms with E-state index in [9.17, 15) is 0 Å². The minimum atomic E-state index is -0.531. The molecular formula is C39H38N2O. The van der Waals surface area contributed by atoms with Crippen LogP contribution in [0.3, 0.4) is 0 Å². The van der Waals surface area contributed by atoms with Crippen molar-refractivity contribution in [1.29, 1.82) is 0 Å². The summed E-state index contributed by atoms with van der Waals surface area (Å²) in [5, 5.41) is 0. The first-order chi connectivity index (χ1) is 20.1. The summed E-state index contributed by atoms with van der Waals surface area (Å²) in [5.41, 5.74) is 8.91. The average molecular weight is 551 g/mol. The molecule has 2 unspecified atom stereocenters. The van der Waals surface area contributed by atoms with Gasteiger partial charge in [0.25, 0.3) is 0 Å². The van der Waals surface area contributed by atoms with E-state index in [1.807, 2.05) is 18.2 Å². The standard InChI is InChI=1S/C39H38N2O/c1-37(2)31-16-10-12-18-33(31)40(5)36(37)25-29-26-39(38(3,4)32-17-11-13-19-34(32)41(39)6)42-35-23-22-28(24-30(29)35)21-20-27-14-8-7-9-15-27/h7-19,22-25,29H,26H2,1-6H3/b36-25+. The Balaban J connectivity index is 1.38. The number of para-hydroxylation sites is 2. The van der Waals surface area contributed by atoms with Crippen molar-refractivity contribution in [3.63, 3.8) is 0 Å². The second kappa shape index (κ2) is 9.30. The third-order valence-corrected chi connectivity index (χ3v) is 10.1. The summed E-state index contributed by atoms with van der Waals surface area (Å²) in [6.07, 6.45) is 3.35. The summed E-state index contributed by atoms with van der Waals surface area (Å²) in [6, 6.07) is 34.3. The molecule has 4 aromatic carbocycles. The molecule has 3 aliphatic heterocycles. The summed E-state index contributed by atoms with van der Waals surface area (Å²) in [6.45, 7) is 9.37. The first kappa shape index (κ1) is 26.5. The lowest BCUT2D eigenvalue weighted by Crippen LogP contribution is -2.61. The van der Waals surface area contributed by atoms with E-state index in [-0.39, 0.29) is 16.7 Å². The maximum absolute atomic E-state index is 7.18. The highest BCUT2D eigenvalue weighted by molar-refractivity contribution is 5.71. The second-order valence-corrected chi connectivity index (χ2v) is 13.0. The van der Waals surface area contributed by atoms with Crippen molar-refractivity contribution < 1.29 is 4.74 Å². The van der Waals surface area contributed by atoms with E-state index in [0.717, 1.165) is 23.3 Å². The quantitative estimate of drug-likeness (QED) is 0.221. The molecule has 0 N–H and O–H groups in total. The van der Waals surface area contributed by atoms with Gasteiger partial charge < -0.3 is 14.5 Å². The number of fused-ring (bicyclic) bond motifs is 3. The monoisotopic (exact) mass is 550 g/mol. The van der Waals surface area contributed by atoms with Crippen molar-refractivity contribution in [3.05, 3.63) is 137 Å². The zero-order valence-corrected chi connectivity index (χ0v) is 25.4. The van der Waals surface area contributed by atoms with Gasteiger partial charge in [0, 0.05) is 65.6 Å². The van der Waals surface area contributed by atoms with Gasteiger partial charge >= 0.3 is 0 Å². The first-order valence-electron chi connectivity index (χ1n) is 14.9. The van der Waals surface area contributed by atoms with E-state index in [1.165, 1.54) is 33.8 Å². The van der Waals surface area contributed by atoms with Gasteiger partial charge in [0.2, 0.25) is 0 Å². The molecule has 0 aliphatic carbocycles. The number of benzene rings is 4. The lowest BCUT2D eigenvalue weighted by molar-refractivity contribution is -0.0105. The van der Waals surface area contributed by atoms with Gasteiger partial charge in [-0.15, -0.1) is 0 Å². The topological polar surface area (TPSA) is 15.7 Å². The number of ether oxygens (including phenoxy) is 1. The Kier molecular flexibility index (Phi) is 5.86. The van der Waals surface area contributed by atoms with Crippen LogP contribution in [0, 0.1) is 11.8 Å². The number of likely N-dealkylation sites (N-methyl/N-ethyl adjacent to an activating group) is 2. The molecule has 0 radical (unpaired) electrons. The van der Waals surface area contributed by atoms with Gasteiger partial charge in [0.1, 0.15) is 5.75 Å². The van der Waals surface area contributed by atoms with Gasteiger partial charge in [-0.25, -0.2) is 0 Å². The van der Waals surface area contributed by atoms with Gasteiger partial charge in [-0.1, -0.05) is 86.4 Å². The molecule has 210 valence electrons. The molecule has 0 amide bonds. The van der Waals surface area contributed by atoms with Crippen molar-refractivity contribution in [3.8, 4) is 17.6 Å². The Morgan fingerprint density at radius 1 is 0.738 bits per heavy atom. The Hall–Kier alpha value is -4.42. The number of anilines is 2. The van der Waals surface area contributed by atoms with Crippen molar-refractivity contribution in [2.45, 2.75) is 56.6 Å². The van der Waals surface area contributed by atoms with Crippen LogP contribution in [0.1, 0.15) is 67.9 Å². The summed E-state index contributed by atoms with van der Waals surface area (Å²) in [7, 11) is 4.41. The lowest BCUT2D eigenvalue weighted by atomic mass is 9.70. The highest BCUT2D eigenvalue weighted by Gasteiger charge is 2.60. The van der Waals surface area contributed by atoms with E-state index in [1.54, 1.807) is 0 Å². The molecule has 3 aliphatic rings. The number of hydrogen-bond acceptors (Lipinski definition) is 3. The Morgan fingerprint density at radius 2 is 1.38 bits per heavy atom. The van der Waals surface area contributed by atoms with Crippen LogP contribution in [-0.4, -0.2) is 19.8 Å². The maximum atomic E-state index is 7.18. The van der Waals surface area contributed by atoms with Gasteiger partial charge in [-0.05, 0) is 67.4 Å². The van der Waals surface area contributed by atoms with Crippen LogP contribution in [-0.2, 0) is 10.8 Å². The molecule has 0 fully saturated rings. The van der Waals surface area contributed by atoms with Gasteiger partial charge in [0.15, 0.2) is 5.72 Å². The second-order valence-electron chi connectivity index (χ2n) is 13.0. The molecular weight excluding hydrogens is 512 g/mol. The normalized spacial score (nSPS) is 23.6. The summed E-state index contributed by atoms with van der Waals surface area (Å²) >= 11 is 0. The molecule has 7 rings (SSSR count). The minimum absolute atomic E-state index is 0.109. The van der Waals surface area contributed by atoms with E-state index >= 15 is 0 Å². The summed E-state index contributed by atoms with van der Waals surface area (Å²) in [5.74, 6) is 7.84. The molecule has 1 spiro atoms. The number of rotatable bonds is 1. The number of allylic oxidation sites excluding steroid dienone is 2. The van der Waals surface area contributed by atoms with Crippen LogP contribution in [0.5, 0.6) is 5.75 Å². The Morgan fingerprint density at radius 3 is 2.10 bits per heavy atom. The van der Waals surface area contributed by atoms with Gasteiger partial charge in [0.05, 0.1) is 5.41 Å². The Labute approximate surface area is 250 Å². The molecule has 4 aromatic rings. The highest BCUT2D eigenvalue weighted by atomic mass is 16.5. The fourth-order valence-electron chi connectivity index (χ4n) is 7.65. The molecule has 3 heteroatoms. The van der Waals surface area contributed by atoms with Crippen LogP contribution in [0.25, 0.3) is 0 Å². The SMILES string of the molecule is CN1/C(=C/C2CC3(Oc4ccc(C#Cc5ccccc5)cc42)N(C)c2ccccc2C3(C)C)C(C)(C)c2ccccc21. The van der Waals surface area contributed by atoms with E-state index in [2.05, 4.69) is 148 Å². The Bertz CT molecular complexity index is 1790. The molecule has 2 atom stereocenters. The van der Waals surface area contributed by atoms with Crippen LogP contribution >= 0.6 is 0 Å². The van der Waals surface area contributed by atoms with Crippen molar-refractivity contribution in [2.75, 3.05) is 23.9 Å². The molecule has 0 aromatic heterocycles. The van der Waals surface area contributed by atoms with Crippen LogP contribution in [0.2, 0.25) is 0 Å². The van der Waals surface area contributed by atoms with Crippen molar-refractivity contribution >= 4 is 11.4 Å². The van der Waals surface area contributed by atoms with Gasteiger partial charge in [-0.2, -0.15) is 0 Å². The fourth-order valence-corrected chi connectivity index (χ4v) is 7.65.